The Balaban J connectivity index is 2.97. The van der Waals surface area contributed by atoms with Crippen LogP contribution in [0.2, 0.25) is 0 Å². The van der Waals surface area contributed by atoms with Crippen LogP contribution in [0.4, 0.5) is 0 Å². The highest BCUT2D eigenvalue weighted by Gasteiger charge is 2.25. The number of carbonyl (C=O) groups excluding carboxylic acids is 5. The van der Waals surface area contributed by atoms with Crippen molar-refractivity contribution in [2.24, 2.45) is 5.92 Å². The number of benzene rings is 1. The number of ether oxygens (including phenoxy) is 2. The van der Waals surface area contributed by atoms with Crippen LogP contribution < -0.4 is 16.0 Å². The van der Waals surface area contributed by atoms with Crippen LogP contribution in [0, 0.1) is 5.92 Å². The lowest BCUT2D eigenvalue weighted by Gasteiger charge is -2.24. The molecular formula is C30H47N3O7. The van der Waals surface area contributed by atoms with Gasteiger partial charge in [-0.15, -0.1) is 0 Å². The van der Waals surface area contributed by atoms with E-state index in [1.54, 1.807) is 20.8 Å². The van der Waals surface area contributed by atoms with Crippen molar-refractivity contribution in [2.75, 3.05) is 7.11 Å². The van der Waals surface area contributed by atoms with Gasteiger partial charge in [0.15, 0.2) is 0 Å². The van der Waals surface area contributed by atoms with Gasteiger partial charge in [-0.1, -0.05) is 44.2 Å². The van der Waals surface area contributed by atoms with Gasteiger partial charge in [-0.3, -0.25) is 24.0 Å². The highest BCUT2D eigenvalue weighted by Crippen LogP contribution is 2.14. The molecular weight excluding hydrogens is 514 g/mol. The number of nitrogens with one attached hydrogen (secondary N) is 3. The Bertz CT molecular complexity index is 973. The minimum Gasteiger partial charge on any atom is -0.469 e. The van der Waals surface area contributed by atoms with E-state index in [1.807, 2.05) is 44.2 Å². The molecule has 0 heterocycles. The molecule has 3 atom stereocenters. The fourth-order valence-electron chi connectivity index (χ4n) is 4.34. The second-order valence-corrected chi connectivity index (χ2v) is 11.6. The standard InChI is InChI=1S/C30H47N3O7/c1-20(2)15-24(31-21(3)34)18-27(36)32-23(13-14-28(37)40-30(4,5)6)17-26(35)33-25(19-29(38)39-7)16-22-11-9-8-10-12-22/h8-12,20,23-25H,13-19H2,1-7H3,(H,31,34)(H,32,36)(H,33,35)/t23-,24-,25-/m1/s1. The van der Waals surface area contributed by atoms with Gasteiger partial charge in [0.2, 0.25) is 17.7 Å². The highest BCUT2D eigenvalue weighted by molar-refractivity contribution is 5.82. The van der Waals surface area contributed by atoms with E-state index in [0.29, 0.717) is 12.8 Å². The van der Waals surface area contributed by atoms with Crippen LogP contribution in [0.3, 0.4) is 0 Å². The first-order valence-corrected chi connectivity index (χ1v) is 13.8. The lowest BCUT2D eigenvalue weighted by Crippen LogP contribution is -2.45. The van der Waals surface area contributed by atoms with E-state index in [0.717, 1.165) is 5.56 Å². The largest absolute Gasteiger partial charge is 0.469 e. The molecule has 0 saturated carbocycles. The molecule has 3 amide bonds. The molecule has 0 bridgehead atoms. The second kappa shape index (κ2) is 17.3. The monoisotopic (exact) mass is 561 g/mol. The van der Waals surface area contributed by atoms with Crippen LogP contribution in [0.5, 0.6) is 0 Å². The van der Waals surface area contributed by atoms with Crippen LogP contribution in [-0.2, 0) is 39.9 Å². The first kappa shape index (κ1) is 34.6. The minimum atomic E-state index is -0.660. The Morgan fingerprint density at radius 1 is 0.800 bits per heavy atom. The van der Waals surface area contributed by atoms with Crippen LogP contribution in [-0.4, -0.2) is 60.5 Å². The summed E-state index contributed by atoms with van der Waals surface area (Å²) in [5, 5.41) is 8.56. The molecule has 10 heteroatoms. The SMILES string of the molecule is COC(=O)C[C@@H](Cc1ccccc1)NC(=O)C[C@@H](CCC(=O)OC(C)(C)C)NC(=O)C[C@@H](CC(C)C)NC(C)=O. The Morgan fingerprint density at radius 2 is 1.38 bits per heavy atom. The van der Waals surface area contributed by atoms with Gasteiger partial charge in [0.05, 0.1) is 13.5 Å². The zero-order valence-corrected chi connectivity index (χ0v) is 25.0. The maximum atomic E-state index is 13.1. The molecule has 0 spiro atoms. The maximum Gasteiger partial charge on any atom is 0.307 e. The Hall–Kier alpha value is -3.43. The topological polar surface area (TPSA) is 140 Å². The molecule has 1 rings (SSSR count). The van der Waals surface area contributed by atoms with Crippen molar-refractivity contribution in [1.82, 2.24) is 16.0 Å². The number of hydrogen-bond donors (Lipinski definition) is 3. The highest BCUT2D eigenvalue weighted by atomic mass is 16.6. The molecule has 0 radical (unpaired) electrons. The van der Waals surface area contributed by atoms with Crippen LogP contribution in [0.1, 0.15) is 85.6 Å². The normalized spacial score (nSPS) is 13.5. The summed E-state index contributed by atoms with van der Waals surface area (Å²) in [5.41, 5.74) is 0.286. The Morgan fingerprint density at radius 3 is 1.90 bits per heavy atom. The Kier molecular flexibility index (Phi) is 15.0. The van der Waals surface area contributed by atoms with Crippen molar-refractivity contribution in [1.29, 1.82) is 0 Å². The predicted octanol–water partition coefficient (Wildman–Crippen LogP) is 3.21. The molecule has 1 aromatic rings. The van der Waals surface area contributed by atoms with Crippen molar-refractivity contribution in [2.45, 2.75) is 110 Å². The third kappa shape index (κ3) is 16.5. The average molecular weight is 562 g/mol. The predicted molar refractivity (Wildman–Crippen MR) is 152 cm³/mol. The third-order valence-corrected chi connectivity index (χ3v) is 5.84. The van der Waals surface area contributed by atoms with Gasteiger partial charge in [-0.25, -0.2) is 0 Å². The first-order valence-electron chi connectivity index (χ1n) is 13.8. The quantitative estimate of drug-likeness (QED) is 0.263. The van der Waals surface area contributed by atoms with E-state index < -0.39 is 29.6 Å². The molecule has 10 nitrogen and oxygen atoms in total. The number of esters is 2. The van der Waals surface area contributed by atoms with E-state index >= 15 is 0 Å². The first-order chi connectivity index (χ1) is 18.7. The molecule has 0 fully saturated rings. The van der Waals surface area contributed by atoms with Gasteiger partial charge in [-0.05, 0) is 51.5 Å². The molecule has 0 unspecified atom stereocenters. The van der Waals surface area contributed by atoms with Crippen molar-refractivity contribution in [3.63, 3.8) is 0 Å². The van der Waals surface area contributed by atoms with Crippen LogP contribution in [0.25, 0.3) is 0 Å². The smallest absolute Gasteiger partial charge is 0.307 e. The second-order valence-electron chi connectivity index (χ2n) is 11.6. The maximum absolute atomic E-state index is 13.1. The molecule has 224 valence electrons. The number of methoxy groups -OCH3 is 1. The van der Waals surface area contributed by atoms with Crippen molar-refractivity contribution in [3.8, 4) is 0 Å². The van der Waals surface area contributed by atoms with Gasteiger partial charge in [-0.2, -0.15) is 0 Å². The molecule has 0 aromatic heterocycles. The van der Waals surface area contributed by atoms with E-state index in [2.05, 4.69) is 16.0 Å². The summed E-state index contributed by atoms with van der Waals surface area (Å²) in [4.78, 5) is 62.0. The number of rotatable bonds is 16. The lowest BCUT2D eigenvalue weighted by molar-refractivity contribution is -0.155. The van der Waals surface area contributed by atoms with E-state index in [4.69, 9.17) is 9.47 Å². The lowest BCUT2D eigenvalue weighted by atomic mass is 9.99. The van der Waals surface area contributed by atoms with Gasteiger partial charge in [0.1, 0.15) is 5.60 Å². The summed E-state index contributed by atoms with van der Waals surface area (Å²) in [6.45, 7) is 10.7. The van der Waals surface area contributed by atoms with E-state index in [9.17, 15) is 24.0 Å². The van der Waals surface area contributed by atoms with Crippen molar-refractivity contribution in [3.05, 3.63) is 35.9 Å². The van der Waals surface area contributed by atoms with Crippen molar-refractivity contribution < 1.29 is 33.4 Å². The summed E-state index contributed by atoms with van der Waals surface area (Å²) >= 11 is 0. The zero-order valence-electron chi connectivity index (χ0n) is 25.0. The number of amides is 3. The Labute approximate surface area is 238 Å². The average Bonchev–Trinajstić information content (AvgIpc) is 2.81. The van der Waals surface area contributed by atoms with E-state index in [1.165, 1.54) is 14.0 Å². The molecule has 40 heavy (non-hydrogen) atoms. The molecule has 1 aromatic carbocycles. The molecule has 0 saturated heterocycles. The fourth-order valence-corrected chi connectivity index (χ4v) is 4.34. The summed E-state index contributed by atoms with van der Waals surface area (Å²) in [5.74, 6) is -1.57. The van der Waals surface area contributed by atoms with Gasteiger partial charge in [0.25, 0.3) is 0 Å². The van der Waals surface area contributed by atoms with Gasteiger partial charge < -0.3 is 25.4 Å². The summed E-state index contributed by atoms with van der Waals surface area (Å²) in [7, 11) is 1.29. The van der Waals surface area contributed by atoms with Crippen molar-refractivity contribution >= 4 is 29.7 Å². The van der Waals surface area contributed by atoms with Gasteiger partial charge >= 0.3 is 11.9 Å². The van der Waals surface area contributed by atoms with Gasteiger partial charge in [0, 0.05) is 44.3 Å². The zero-order chi connectivity index (χ0) is 30.3. The summed E-state index contributed by atoms with van der Waals surface area (Å²) < 4.78 is 10.2. The third-order valence-electron chi connectivity index (χ3n) is 5.84. The van der Waals surface area contributed by atoms with Crippen LogP contribution in [0.15, 0.2) is 30.3 Å². The molecule has 0 aliphatic rings. The number of hydrogen-bond acceptors (Lipinski definition) is 7. The molecule has 3 N–H and O–H groups in total. The molecule has 0 aliphatic heterocycles. The fraction of sp³-hybridized carbons (Fsp3) is 0.633. The molecule has 0 aliphatic carbocycles. The number of carbonyl (C=O) groups is 5. The summed E-state index contributed by atoms with van der Waals surface area (Å²) in [6, 6.07) is 7.92. The minimum absolute atomic E-state index is 0.00617. The van der Waals surface area contributed by atoms with Crippen LogP contribution >= 0.6 is 0 Å². The summed E-state index contributed by atoms with van der Waals surface area (Å²) in [6.07, 6.45) is 1.15. The van der Waals surface area contributed by atoms with E-state index in [-0.39, 0.29) is 61.8 Å².